The van der Waals surface area contributed by atoms with E-state index >= 15 is 0 Å². The van der Waals surface area contributed by atoms with Gasteiger partial charge in [0, 0.05) is 25.0 Å². The molecule has 1 aliphatic heterocycles. The number of benzene rings is 2. The number of ether oxygens (including phenoxy) is 1. The summed E-state index contributed by atoms with van der Waals surface area (Å²) in [6, 6.07) is 15.9. The summed E-state index contributed by atoms with van der Waals surface area (Å²) in [5.41, 5.74) is 10.5. The number of carboxylic acid groups (broad SMARTS) is 1. The van der Waals surface area contributed by atoms with Gasteiger partial charge in [-0.2, -0.15) is 0 Å². The highest BCUT2D eigenvalue weighted by molar-refractivity contribution is 5.79. The van der Waals surface area contributed by atoms with E-state index in [2.05, 4.69) is 24.3 Å². The van der Waals surface area contributed by atoms with Crippen molar-refractivity contribution >= 4 is 12.1 Å². The van der Waals surface area contributed by atoms with Gasteiger partial charge in [-0.05, 0) is 28.7 Å². The van der Waals surface area contributed by atoms with Crippen LogP contribution in [-0.2, 0) is 9.53 Å². The summed E-state index contributed by atoms with van der Waals surface area (Å²) in [7, 11) is 0. The van der Waals surface area contributed by atoms with Crippen molar-refractivity contribution in [1.29, 1.82) is 0 Å². The third-order valence-electron chi connectivity index (χ3n) is 5.58. The van der Waals surface area contributed by atoms with Gasteiger partial charge in [0.1, 0.15) is 6.61 Å². The fraction of sp³-hybridized carbons (Fsp3) is 0.333. The number of likely N-dealkylation sites (tertiary alicyclic amines) is 1. The number of carbonyl (C=O) groups is 2. The first-order chi connectivity index (χ1) is 13.1. The van der Waals surface area contributed by atoms with Gasteiger partial charge < -0.3 is 20.5 Å². The number of piperidine rings is 1. The molecule has 0 saturated carbocycles. The number of carboxylic acids is 1. The van der Waals surface area contributed by atoms with Crippen LogP contribution < -0.4 is 5.73 Å². The third kappa shape index (κ3) is 3.17. The zero-order valence-corrected chi connectivity index (χ0v) is 14.9. The van der Waals surface area contributed by atoms with Crippen LogP contribution >= 0.6 is 0 Å². The van der Waals surface area contributed by atoms with E-state index in [1.807, 2.05) is 24.3 Å². The molecule has 2 aromatic rings. The zero-order chi connectivity index (χ0) is 19.0. The molecule has 2 atom stereocenters. The molecular weight excluding hydrogens is 344 g/mol. The van der Waals surface area contributed by atoms with Crippen LogP contribution in [0.1, 0.15) is 23.5 Å². The highest BCUT2D eigenvalue weighted by atomic mass is 16.6. The van der Waals surface area contributed by atoms with Crippen molar-refractivity contribution in [2.24, 2.45) is 11.7 Å². The lowest BCUT2D eigenvalue weighted by Crippen LogP contribution is -2.52. The molecule has 27 heavy (non-hydrogen) atoms. The molecule has 3 N–H and O–H groups in total. The fourth-order valence-electron chi connectivity index (χ4n) is 4.08. The minimum Gasteiger partial charge on any atom is -0.481 e. The van der Waals surface area contributed by atoms with Crippen LogP contribution in [0.3, 0.4) is 0 Å². The molecule has 140 valence electrons. The molecule has 4 rings (SSSR count). The summed E-state index contributed by atoms with van der Waals surface area (Å²) in [5, 5.41) is 9.27. The molecule has 1 heterocycles. The molecular formula is C21H22N2O4. The number of nitrogens with two attached hydrogens (primary N) is 1. The van der Waals surface area contributed by atoms with E-state index < -0.39 is 24.0 Å². The molecule has 2 aliphatic rings. The van der Waals surface area contributed by atoms with Crippen LogP contribution in [0.25, 0.3) is 11.1 Å². The first kappa shape index (κ1) is 17.5. The molecule has 6 heteroatoms. The number of hydrogen-bond donors (Lipinski definition) is 2. The standard InChI is InChI=1S/C21H22N2O4/c22-19-9-10-23(11-17(19)20(24)25)21(26)27-12-18-15-7-3-1-5-13(15)14-6-2-4-8-16(14)18/h1-8,17-19H,9-12,22H2,(H,24,25)/t17-,19+/m0/s1. The van der Waals surface area contributed by atoms with Gasteiger partial charge in [0.25, 0.3) is 0 Å². The van der Waals surface area contributed by atoms with E-state index in [1.54, 1.807) is 0 Å². The van der Waals surface area contributed by atoms with E-state index in [4.69, 9.17) is 10.5 Å². The molecule has 0 radical (unpaired) electrons. The Labute approximate surface area is 157 Å². The molecule has 6 nitrogen and oxygen atoms in total. The van der Waals surface area contributed by atoms with Gasteiger partial charge in [0.15, 0.2) is 0 Å². The van der Waals surface area contributed by atoms with Gasteiger partial charge in [0.2, 0.25) is 0 Å². The Bertz CT molecular complexity index is 836. The lowest BCUT2D eigenvalue weighted by Gasteiger charge is -2.34. The maximum absolute atomic E-state index is 12.5. The van der Waals surface area contributed by atoms with Crippen LogP contribution in [-0.4, -0.2) is 47.8 Å². The molecule has 0 unspecified atom stereocenters. The molecule has 0 bridgehead atoms. The Hall–Kier alpha value is -2.86. The predicted octanol–water partition coefficient (Wildman–Crippen LogP) is 2.67. The van der Waals surface area contributed by atoms with E-state index in [0.717, 1.165) is 11.1 Å². The van der Waals surface area contributed by atoms with Crippen molar-refractivity contribution in [3.05, 3.63) is 59.7 Å². The second kappa shape index (κ2) is 7.04. The van der Waals surface area contributed by atoms with Gasteiger partial charge in [-0.1, -0.05) is 48.5 Å². The van der Waals surface area contributed by atoms with Gasteiger partial charge in [-0.15, -0.1) is 0 Å². The second-order valence-corrected chi connectivity index (χ2v) is 7.15. The summed E-state index contributed by atoms with van der Waals surface area (Å²) in [4.78, 5) is 25.3. The smallest absolute Gasteiger partial charge is 0.409 e. The number of aliphatic carboxylic acids is 1. The maximum Gasteiger partial charge on any atom is 0.409 e. The zero-order valence-electron chi connectivity index (χ0n) is 14.9. The van der Waals surface area contributed by atoms with Gasteiger partial charge in [-0.3, -0.25) is 4.79 Å². The molecule has 1 amide bonds. The topological polar surface area (TPSA) is 92.9 Å². The number of nitrogens with zero attached hydrogens (tertiary/aromatic N) is 1. The van der Waals surface area contributed by atoms with E-state index in [0.29, 0.717) is 13.0 Å². The van der Waals surface area contributed by atoms with Crippen LogP contribution in [0.15, 0.2) is 48.5 Å². The monoisotopic (exact) mass is 366 g/mol. The number of fused-ring (bicyclic) bond motifs is 3. The lowest BCUT2D eigenvalue weighted by atomic mass is 9.93. The molecule has 0 spiro atoms. The maximum atomic E-state index is 12.5. The Morgan fingerprint density at radius 1 is 1.07 bits per heavy atom. The number of hydrogen-bond acceptors (Lipinski definition) is 4. The van der Waals surface area contributed by atoms with E-state index in [9.17, 15) is 14.7 Å². The van der Waals surface area contributed by atoms with Crippen molar-refractivity contribution in [3.63, 3.8) is 0 Å². The fourth-order valence-corrected chi connectivity index (χ4v) is 4.08. The molecule has 2 aromatic carbocycles. The average Bonchev–Trinajstić information content (AvgIpc) is 3.00. The summed E-state index contributed by atoms with van der Waals surface area (Å²) in [5.74, 6) is -1.73. The Morgan fingerprint density at radius 3 is 2.26 bits per heavy atom. The molecule has 0 aromatic heterocycles. The highest BCUT2D eigenvalue weighted by Crippen LogP contribution is 2.44. The summed E-state index contributed by atoms with van der Waals surface area (Å²) in [6.45, 7) is 0.738. The summed E-state index contributed by atoms with van der Waals surface area (Å²) in [6.07, 6.45) is -0.0174. The van der Waals surface area contributed by atoms with Crippen LogP contribution in [0.2, 0.25) is 0 Å². The third-order valence-corrected chi connectivity index (χ3v) is 5.58. The van der Waals surface area contributed by atoms with Crippen molar-refractivity contribution in [1.82, 2.24) is 4.90 Å². The Balaban J connectivity index is 1.47. The van der Waals surface area contributed by atoms with Crippen molar-refractivity contribution in [2.45, 2.75) is 18.4 Å². The number of rotatable bonds is 3. The summed E-state index contributed by atoms with van der Waals surface area (Å²) >= 11 is 0. The Kier molecular flexibility index (Phi) is 4.58. The minimum atomic E-state index is -0.973. The largest absolute Gasteiger partial charge is 0.481 e. The van der Waals surface area contributed by atoms with Gasteiger partial charge >= 0.3 is 12.1 Å². The Morgan fingerprint density at radius 2 is 1.67 bits per heavy atom. The first-order valence-electron chi connectivity index (χ1n) is 9.14. The van der Waals surface area contributed by atoms with Crippen LogP contribution in [0.4, 0.5) is 4.79 Å². The normalized spacial score (nSPS) is 21.4. The van der Waals surface area contributed by atoms with Crippen molar-refractivity contribution in [3.8, 4) is 11.1 Å². The van der Waals surface area contributed by atoms with Gasteiger partial charge in [0.05, 0.1) is 5.92 Å². The lowest BCUT2D eigenvalue weighted by molar-refractivity contribution is -0.143. The number of amides is 1. The van der Waals surface area contributed by atoms with E-state index in [1.165, 1.54) is 16.0 Å². The molecule has 1 fully saturated rings. The first-order valence-corrected chi connectivity index (χ1v) is 9.14. The molecule has 1 saturated heterocycles. The highest BCUT2D eigenvalue weighted by Gasteiger charge is 2.35. The van der Waals surface area contributed by atoms with E-state index in [-0.39, 0.29) is 19.1 Å². The van der Waals surface area contributed by atoms with Crippen molar-refractivity contribution < 1.29 is 19.4 Å². The molecule has 1 aliphatic carbocycles. The SMILES string of the molecule is N[C@@H]1CCN(C(=O)OCC2c3ccccc3-c3ccccc32)C[C@@H]1C(=O)O. The van der Waals surface area contributed by atoms with Crippen LogP contribution in [0.5, 0.6) is 0 Å². The van der Waals surface area contributed by atoms with Gasteiger partial charge in [-0.25, -0.2) is 4.79 Å². The summed E-state index contributed by atoms with van der Waals surface area (Å²) < 4.78 is 5.60. The minimum absolute atomic E-state index is 0.0105. The predicted molar refractivity (Wildman–Crippen MR) is 100 cm³/mol. The number of carbonyl (C=O) groups excluding carboxylic acids is 1. The van der Waals surface area contributed by atoms with Crippen molar-refractivity contribution in [2.75, 3.05) is 19.7 Å². The second-order valence-electron chi connectivity index (χ2n) is 7.15. The quantitative estimate of drug-likeness (QED) is 0.871. The van der Waals surface area contributed by atoms with Crippen LogP contribution in [0, 0.1) is 5.92 Å². The average molecular weight is 366 g/mol.